The van der Waals surface area contributed by atoms with Crippen LogP contribution in [-0.4, -0.2) is 22.1 Å². The summed E-state index contributed by atoms with van der Waals surface area (Å²) in [5, 5.41) is 10.7. The molecule has 0 fully saturated rings. The lowest BCUT2D eigenvalue weighted by atomic mass is 10.2. The summed E-state index contributed by atoms with van der Waals surface area (Å²) in [5.74, 6) is -0.400. The summed E-state index contributed by atoms with van der Waals surface area (Å²) in [5.41, 5.74) is -0.452. The van der Waals surface area contributed by atoms with Gasteiger partial charge in [-0.2, -0.15) is 0 Å². The van der Waals surface area contributed by atoms with Gasteiger partial charge in [-0.3, -0.25) is 24.3 Å². The molecular formula is C12H16N2O5. The number of carbonyl (C=O) groups is 1. The highest BCUT2D eigenvalue weighted by Crippen LogP contribution is 2.09. The van der Waals surface area contributed by atoms with Gasteiger partial charge in [-0.25, -0.2) is 0 Å². The lowest BCUT2D eigenvalue weighted by molar-refractivity contribution is -0.385. The molecule has 0 N–H and O–H groups in total. The number of nitro groups is 1. The first kappa shape index (κ1) is 14.9. The monoisotopic (exact) mass is 268 g/mol. The minimum absolute atomic E-state index is 0.188. The Balaban J connectivity index is 2.91. The minimum Gasteiger partial charge on any atom is -0.464 e. The van der Waals surface area contributed by atoms with E-state index in [-0.39, 0.29) is 30.3 Å². The molecule has 7 heteroatoms. The van der Waals surface area contributed by atoms with E-state index in [0.29, 0.717) is 0 Å². The summed E-state index contributed by atoms with van der Waals surface area (Å²) in [7, 11) is 0. The van der Waals surface area contributed by atoms with Crippen LogP contribution in [0.3, 0.4) is 0 Å². The predicted molar refractivity (Wildman–Crippen MR) is 67.9 cm³/mol. The molecule has 7 nitrogen and oxygen atoms in total. The molecule has 1 heterocycles. The van der Waals surface area contributed by atoms with Gasteiger partial charge in [0.25, 0.3) is 11.2 Å². The van der Waals surface area contributed by atoms with E-state index in [2.05, 4.69) is 0 Å². The van der Waals surface area contributed by atoms with Crippen molar-refractivity contribution in [1.82, 2.24) is 4.57 Å². The lowest BCUT2D eigenvalue weighted by Crippen LogP contribution is -2.27. The van der Waals surface area contributed by atoms with Gasteiger partial charge in [0.1, 0.15) is 6.54 Å². The van der Waals surface area contributed by atoms with E-state index in [4.69, 9.17) is 4.74 Å². The molecule has 0 unspecified atom stereocenters. The molecule has 0 aliphatic heterocycles. The summed E-state index contributed by atoms with van der Waals surface area (Å²) in [6.07, 6.45) is 1.05. The van der Waals surface area contributed by atoms with Crippen LogP contribution in [0.4, 0.5) is 5.69 Å². The fourth-order valence-corrected chi connectivity index (χ4v) is 1.43. The number of ether oxygens (including phenoxy) is 1. The van der Waals surface area contributed by atoms with E-state index < -0.39 is 16.5 Å². The molecule has 0 spiro atoms. The molecule has 104 valence electrons. The smallest absolute Gasteiger partial charge is 0.326 e. The van der Waals surface area contributed by atoms with Crippen molar-refractivity contribution in [3.05, 3.63) is 38.3 Å². The zero-order valence-electron chi connectivity index (χ0n) is 11.1. The highest BCUT2D eigenvalue weighted by Gasteiger charge is 2.14. The fourth-order valence-electron chi connectivity index (χ4n) is 1.43. The van der Waals surface area contributed by atoms with Gasteiger partial charge in [-0.05, 0) is 12.8 Å². The van der Waals surface area contributed by atoms with Gasteiger partial charge in [0, 0.05) is 11.6 Å². The number of pyridine rings is 1. The van der Waals surface area contributed by atoms with Crippen molar-refractivity contribution in [2.75, 3.05) is 6.61 Å². The second-order valence-corrected chi connectivity index (χ2v) is 4.65. The third kappa shape index (κ3) is 4.20. The SMILES string of the molecule is Cc1cc([N+](=O)[O-])cn(CC(=O)OCC(C)C)c1=O. The van der Waals surface area contributed by atoms with Crippen LogP contribution >= 0.6 is 0 Å². The first-order chi connectivity index (χ1) is 8.81. The highest BCUT2D eigenvalue weighted by atomic mass is 16.6. The van der Waals surface area contributed by atoms with Crippen molar-refractivity contribution in [3.63, 3.8) is 0 Å². The second kappa shape index (κ2) is 6.12. The molecule has 1 aromatic rings. The van der Waals surface area contributed by atoms with Gasteiger partial charge in [-0.1, -0.05) is 13.8 Å². The molecule has 0 aliphatic carbocycles. The molecule has 0 aliphatic rings. The average Bonchev–Trinajstić information content (AvgIpc) is 2.31. The van der Waals surface area contributed by atoms with Crippen LogP contribution in [-0.2, 0) is 16.1 Å². The number of aromatic nitrogens is 1. The average molecular weight is 268 g/mol. The topological polar surface area (TPSA) is 91.4 Å². The second-order valence-electron chi connectivity index (χ2n) is 4.65. The van der Waals surface area contributed by atoms with E-state index in [1.807, 2.05) is 13.8 Å². The van der Waals surface area contributed by atoms with Crippen LogP contribution in [0, 0.1) is 23.0 Å². The number of carbonyl (C=O) groups excluding carboxylic acids is 1. The summed E-state index contributed by atoms with van der Waals surface area (Å²) < 4.78 is 5.93. The quantitative estimate of drug-likeness (QED) is 0.455. The van der Waals surface area contributed by atoms with Crippen molar-refractivity contribution < 1.29 is 14.5 Å². The van der Waals surface area contributed by atoms with Gasteiger partial charge in [0.15, 0.2) is 0 Å². The van der Waals surface area contributed by atoms with E-state index in [1.165, 1.54) is 13.0 Å². The zero-order chi connectivity index (χ0) is 14.6. The first-order valence-electron chi connectivity index (χ1n) is 5.82. The van der Waals surface area contributed by atoms with Crippen LogP contribution in [0.15, 0.2) is 17.1 Å². The van der Waals surface area contributed by atoms with Gasteiger partial charge in [-0.15, -0.1) is 0 Å². The van der Waals surface area contributed by atoms with E-state index >= 15 is 0 Å². The lowest BCUT2D eigenvalue weighted by Gasteiger charge is -2.09. The number of rotatable bonds is 5. The summed E-state index contributed by atoms with van der Waals surface area (Å²) in [6.45, 7) is 5.16. The number of esters is 1. The molecule has 1 rings (SSSR count). The Hall–Kier alpha value is -2.18. The summed E-state index contributed by atoms with van der Waals surface area (Å²) in [6, 6.07) is 1.18. The highest BCUT2D eigenvalue weighted by molar-refractivity contribution is 5.69. The van der Waals surface area contributed by atoms with Crippen LogP contribution in [0.25, 0.3) is 0 Å². The minimum atomic E-state index is -0.609. The largest absolute Gasteiger partial charge is 0.464 e. The fraction of sp³-hybridized carbons (Fsp3) is 0.500. The molecule has 0 amide bonds. The van der Waals surface area contributed by atoms with Crippen LogP contribution in [0.5, 0.6) is 0 Å². The van der Waals surface area contributed by atoms with Crippen molar-refractivity contribution >= 4 is 11.7 Å². The Kier molecular flexibility index (Phi) is 4.80. The molecule has 19 heavy (non-hydrogen) atoms. The molecular weight excluding hydrogens is 252 g/mol. The standard InChI is InChI=1S/C12H16N2O5/c1-8(2)7-19-11(15)6-13-5-10(14(17)18)4-9(3)12(13)16/h4-5,8H,6-7H2,1-3H3. The van der Waals surface area contributed by atoms with E-state index in [0.717, 1.165) is 10.8 Å². The maximum Gasteiger partial charge on any atom is 0.326 e. The number of aryl methyl sites for hydroxylation is 1. The number of hydrogen-bond donors (Lipinski definition) is 0. The Morgan fingerprint density at radius 1 is 1.53 bits per heavy atom. The molecule has 0 atom stereocenters. The summed E-state index contributed by atoms with van der Waals surface area (Å²) >= 11 is 0. The Labute approximate surface area is 110 Å². The molecule has 1 aromatic heterocycles. The Bertz CT molecular complexity index is 548. The van der Waals surface area contributed by atoms with Crippen molar-refractivity contribution in [1.29, 1.82) is 0 Å². The predicted octanol–water partition coefficient (Wildman–Crippen LogP) is 1.26. The third-order valence-corrected chi connectivity index (χ3v) is 2.34. The molecule has 0 saturated heterocycles. The molecule has 0 saturated carbocycles. The maximum absolute atomic E-state index is 11.7. The number of hydrogen-bond acceptors (Lipinski definition) is 5. The van der Waals surface area contributed by atoms with Crippen LogP contribution < -0.4 is 5.56 Å². The normalized spacial score (nSPS) is 10.5. The Morgan fingerprint density at radius 3 is 2.68 bits per heavy atom. The van der Waals surface area contributed by atoms with Crippen LogP contribution in [0.1, 0.15) is 19.4 Å². The summed E-state index contributed by atoms with van der Waals surface area (Å²) in [4.78, 5) is 33.3. The van der Waals surface area contributed by atoms with E-state index in [1.54, 1.807) is 0 Å². The Morgan fingerprint density at radius 2 is 2.16 bits per heavy atom. The van der Waals surface area contributed by atoms with Gasteiger partial charge >= 0.3 is 5.97 Å². The van der Waals surface area contributed by atoms with Crippen molar-refractivity contribution in [2.45, 2.75) is 27.3 Å². The number of nitrogens with zero attached hydrogens (tertiary/aromatic N) is 2. The van der Waals surface area contributed by atoms with E-state index in [9.17, 15) is 19.7 Å². The van der Waals surface area contributed by atoms with Crippen molar-refractivity contribution in [2.24, 2.45) is 5.92 Å². The van der Waals surface area contributed by atoms with Gasteiger partial charge < -0.3 is 4.74 Å². The molecule has 0 aromatic carbocycles. The van der Waals surface area contributed by atoms with Crippen molar-refractivity contribution in [3.8, 4) is 0 Å². The molecule has 0 bridgehead atoms. The van der Waals surface area contributed by atoms with Gasteiger partial charge in [0.05, 0.1) is 17.7 Å². The first-order valence-corrected chi connectivity index (χ1v) is 5.82. The van der Waals surface area contributed by atoms with Gasteiger partial charge in [0.2, 0.25) is 0 Å². The molecule has 0 radical (unpaired) electrons. The maximum atomic E-state index is 11.7. The zero-order valence-corrected chi connectivity index (χ0v) is 11.1. The third-order valence-electron chi connectivity index (χ3n) is 2.34. The van der Waals surface area contributed by atoms with Crippen LogP contribution in [0.2, 0.25) is 0 Å².